The highest BCUT2D eigenvalue weighted by Gasteiger charge is 2.32. The standard InChI is InChI=1S/C17H16ClN3O3S3/c18-12-3-4-13-14(10-12)26-17(19-13)20-16(22)11-5-7-21(8-6-11)27(23,24)15-2-1-9-25-15/h1-4,9-11H,5-8H2,(H,19,20,22). The van der Waals surface area contributed by atoms with Gasteiger partial charge in [-0.15, -0.1) is 11.3 Å². The maximum absolute atomic E-state index is 12.6. The normalized spacial score (nSPS) is 16.6. The van der Waals surface area contributed by atoms with E-state index in [1.807, 2.05) is 12.1 Å². The van der Waals surface area contributed by atoms with Crippen LogP contribution in [-0.2, 0) is 14.8 Å². The summed E-state index contributed by atoms with van der Waals surface area (Å²) in [5, 5.41) is 5.77. The van der Waals surface area contributed by atoms with Gasteiger partial charge in [0.2, 0.25) is 5.91 Å². The van der Waals surface area contributed by atoms with Crippen molar-refractivity contribution in [2.24, 2.45) is 5.92 Å². The van der Waals surface area contributed by atoms with Gasteiger partial charge in [-0.05, 0) is 42.5 Å². The van der Waals surface area contributed by atoms with Crippen LogP contribution in [0.15, 0.2) is 39.9 Å². The van der Waals surface area contributed by atoms with Crippen LogP contribution in [0.3, 0.4) is 0 Å². The fraction of sp³-hybridized carbons (Fsp3) is 0.294. The monoisotopic (exact) mass is 441 g/mol. The average molecular weight is 442 g/mol. The summed E-state index contributed by atoms with van der Waals surface area (Å²) >= 11 is 8.57. The molecule has 1 saturated heterocycles. The lowest BCUT2D eigenvalue weighted by atomic mass is 9.97. The summed E-state index contributed by atoms with van der Waals surface area (Å²) in [5.74, 6) is -0.344. The van der Waals surface area contributed by atoms with Crippen molar-refractivity contribution in [3.8, 4) is 0 Å². The number of nitrogens with one attached hydrogen (secondary N) is 1. The molecule has 3 aromatic rings. The van der Waals surface area contributed by atoms with Crippen molar-refractivity contribution in [2.75, 3.05) is 18.4 Å². The van der Waals surface area contributed by atoms with Gasteiger partial charge < -0.3 is 5.32 Å². The summed E-state index contributed by atoms with van der Waals surface area (Å²) in [5.41, 5.74) is 0.788. The van der Waals surface area contributed by atoms with Crippen LogP contribution in [-0.4, -0.2) is 36.7 Å². The quantitative estimate of drug-likeness (QED) is 0.662. The predicted octanol–water partition coefficient (Wildman–Crippen LogP) is 4.05. The van der Waals surface area contributed by atoms with E-state index < -0.39 is 10.0 Å². The highest BCUT2D eigenvalue weighted by atomic mass is 35.5. The lowest BCUT2D eigenvalue weighted by molar-refractivity contribution is -0.120. The summed E-state index contributed by atoms with van der Waals surface area (Å²) in [6.07, 6.45) is 0.986. The highest BCUT2D eigenvalue weighted by Crippen LogP contribution is 2.30. The number of thiazole rings is 1. The summed E-state index contributed by atoms with van der Waals surface area (Å²) < 4.78 is 27.8. The number of benzene rings is 1. The van der Waals surface area contributed by atoms with Crippen molar-refractivity contribution in [3.63, 3.8) is 0 Å². The number of thiophene rings is 1. The molecule has 2 aromatic heterocycles. The number of rotatable bonds is 4. The Morgan fingerprint density at radius 2 is 2.04 bits per heavy atom. The van der Waals surface area contributed by atoms with Crippen LogP contribution in [0.25, 0.3) is 10.2 Å². The third-order valence-corrected chi connectivity index (χ3v) is 8.93. The molecule has 0 atom stereocenters. The largest absolute Gasteiger partial charge is 0.302 e. The number of anilines is 1. The number of aromatic nitrogens is 1. The van der Waals surface area contributed by atoms with E-state index in [0.717, 1.165) is 10.2 Å². The van der Waals surface area contributed by atoms with Crippen LogP contribution in [0.2, 0.25) is 5.02 Å². The van der Waals surface area contributed by atoms with E-state index in [-0.39, 0.29) is 11.8 Å². The summed E-state index contributed by atoms with van der Waals surface area (Å²) in [7, 11) is -3.45. The molecule has 4 rings (SSSR count). The van der Waals surface area contributed by atoms with E-state index in [0.29, 0.717) is 40.3 Å². The third kappa shape index (κ3) is 3.88. The van der Waals surface area contributed by atoms with Crippen molar-refractivity contribution < 1.29 is 13.2 Å². The third-order valence-electron chi connectivity index (χ3n) is 4.49. The van der Waals surface area contributed by atoms with Gasteiger partial charge in [-0.3, -0.25) is 4.79 Å². The van der Waals surface area contributed by atoms with Crippen LogP contribution >= 0.6 is 34.3 Å². The molecule has 10 heteroatoms. The number of carbonyl (C=O) groups excluding carboxylic acids is 1. The number of halogens is 1. The molecular weight excluding hydrogens is 426 g/mol. The molecule has 0 unspecified atom stereocenters. The molecule has 0 bridgehead atoms. The highest BCUT2D eigenvalue weighted by molar-refractivity contribution is 7.91. The maximum atomic E-state index is 12.6. The topological polar surface area (TPSA) is 79.4 Å². The maximum Gasteiger partial charge on any atom is 0.252 e. The summed E-state index contributed by atoms with van der Waals surface area (Å²) in [6.45, 7) is 0.682. The first kappa shape index (κ1) is 18.8. The van der Waals surface area contributed by atoms with E-state index in [2.05, 4.69) is 10.3 Å². The minimum Gasteiger partial charge on any atom is -0.302 e. The molecule has 1 amide bonds. The molecule has 0 radical (unpaired) electrons. The zero-order valence-corrected chi connectivity index (χ0v) is 17.3. The Labute approximate surface area is 169 Å². The zero-order chi connectivity index (χ0) is 19.0. The fourth-order valence-corrected chi connectivity index (χ4v) is 6.81. The van der Waals surface area contributed by atoms with Crippen molar-refractivity contribution >= 4 is 65.6 Å². The first-order chi connectivity index (χ1) is 12.9. The first-order valence-corrected chi connectivity index (χ1v) is 11.9. The van der Waals surface area contributed by atoms with Gasteiger partial charge >= 0.3 is 0 Å². The van der Waals surface area contributed by atoms with Gasteiger partial charge in [-0.1, -0.05) is 29.0 Å². The van der Waals surface area contributed by atoms with Crippen LogP contribution in [0.4, 0.5) is 5.13 Å². The number of carbonyl (C=O) groups is 1. The van der Waals surface area contributed by atoms with Crippen LogP contribution in [0.5, 0.6) is 0 Å². The SMILES string of the molecule is O=C(Nc1nc2ccc(Cl)cc2s1)C1CCN(S(=O)(=O)c2cccs2)CC1. The molecule has 3 heterocycles. The van der Waals surface area contributed by atoms with E-state index in [1.54, 1.807) is 23.6 Å². The number of hydrogen-bond acceptors (Lipinski definition) is 6. The van der Waals surface area contributed by atoms with E-state index in [4.69, 9.17) is 11.6 Å². The Kier molecular flexibility index (Phi) is 5.21. The van der Waals surface area contributed by atoms with Gasteiger partial charge in [0.25, 0.3) is 10.0 Å². The van der Waals surface area contributed by atoms with Gasteiger partial charge in [0.15, 0.2) is 5.13 Å². The van der Waals surface area contributed by atoms with Crippen molar-refractivity contribution in [3.05, 3.63) is 40.7 Å². The number of hydrogen-bond donors (Lipinski definition) is 1. The average Bonchev–Trinajstić information content (AvgIpc) is 3.31. The Bertz CT molecular complexity index is 1070. The molecular formula is C17H16ClN3O3S3. The van der Waals surface area contributed by atoms with Gasteiger partial charge in [0.05, 0.1) is 10.2 Å². The Morgan fingerprint density at radius 3 is 2.74 bits per heavy atom. The van der Waals surface area contributed by atoms with E-state index in [1.165, 1.54) is 27.0 Å². The Hall–Kier alpha value is -1.52. The van der Waals surface area contributed by atoms with Gasteiger partial charge in [-0.2, -0.15) is 4.31 Å². The molecule has 1 aromatic carbocycles. The minimum atomic E-state index is -3.45. The molecule has 1 N–H and O–H groups in total. The van der Waals surface area contributed by atoms with Crippen LogP contribution < -0.4 is 5.32 Å². The van der Waals surface area contributed by atoms with E-state index in [9.17, 15) is 13.2 Å². The van der Waals surface area contributed by atoms with Gasteiger partial charge in [0, 0.05) is 24.0 Å². The molecule has 0 spiro atoms. The number of nitrogens with zero attached hydrogens (tertiary/aromatic N) is 2. The molecule has 1 aliphatic rings. The molecule has 0 aliphatic carbocycles. The Morgan fingerprint density at radius 1 is 1.26 bits per heavy atom. The van der Waals surface area contributed by atoms with E-state index >= 15 is 0 Å². The Balaban J connectivity index is 1.39. The lowest BCUT2D eigenvalue weighted by Crippen LogP contribution is -2.41. The van der Waals surface area contributed by atoms with Gasteiger partial charge in [-0.25, -0.2) is 13.4 Å². The summed E-state index contributed by atoms with van der Waals surface area (Å²) in [4.78, 5) is 17.0. The zero-order valence-electron chi connectivity index (χ0n) is 14.1. The second-order valence-electron chi connectivity index (χ2n) is 6.23. The molecule has 142 valence electrons. The first-order valence-electron chi connectivity index (χ1n) is 8.34. The minimum absolute atomic E-state index is 0.117. The van der Waals surface area contributed by atoms with Gasteiger partial charge in [0.1, 0.15) is 4.21 Å². The van der Waals surface area contributed by atoms with Crippen molar-refractivity contribution in [2.45, 2.75) is 17.1 Å². The number of piperidine rings is 1. The molecule has 27 heavy (non-hydrogen) atoms. The molecule has 0 saturated carbocycles. The smallest absolute Gasteiger partial charge is 0.252 e. The van der Waals surface area contributed by atoms with Crippen molar-refractivity contribution in [1.29, 1.82) is 0 Å². The molecule has 1 aliphatic heterocycles. The number of fused-ring (bicyclic) bond motifs is 1. The fourth-order valence-electron chi connectivity index (χ4n) is 3.06. The van der Waals surface area contributed by atoms with Crippen LogP contribution in [0, 0.1) is 5.92 Å². The molecule has 1 fully saturated rings. The summed E-state index contributed by atoms with van der Waals surface area (Å²) in [6, 6.07) is 8.73. The number of sulfonamides is 1. The lowest BCUT2D eigenvalue weighted by Gasteiger charge is -2.29. The predicted molar refractivity (Wildman–Crippen MR) is 109 cm³/mol. The second kappa shape index (κ2) is 7.48. The van der Waals surface area contributed by atoms with Crippen molar-refractivity contribution in [1.82, 2.24) is 9.29 Å². The number of amides is 1. The molecule has 6 nitrogen and oxygen atoms in total. The van der Waals surface area contributed by atoms with Crippen LogP contribution in [0.1, 0.15) is 12.8 Å². The second-order valence-corrected chi connectivity index (χ2v) is 10.8.